The van der Waals surface area contributed by atoms with Gasteiger partial charge >= 0.3 is 0 Å². The molecule has 0 aromatic rings. The minimum Gasteiger partial charge on any atom is -0.409 e. The summed E-state index contributed by atoms with van der Waals surface area (Å²) in [5.41, 5.74) is 5.46. The number of hydrogen-bond donors (Lipinski definition) is 2. The lowest BCUT2D eigenvalue weighted by Crippen LogP contribution is -2.33. The van der Waals surface area contributed by atoms with E-state index in [0.29, 0.717) is 18.3 Å². The number of oxime groups is 1. The minimum atomic E-state index is 0.306. The molecule has 0 aliphatic heterocycles. The summed E-state index contributed by atoms with van der Waals surface area (Å²) in [6, 6.07) is 0.691. The molecule has 0 saturated heterocycles. The van der Waals surface area contributed by atoms with Crippen molar-refractivity contribution in [3.8, 4) is 0 Å². The van der Waals surface area contributed by atoms with E-state index in [2.05, 4.69) is 17.0 Å². The van der Waals surface area contributed by atoms with Gasteiger partial charge in [0.05, 0.1) is 6.61 Å². The van der Waals surface area contributed by atoms with Crippen molar-refractivity contribution in [2.45, 2.75) is 38.6 Å². The number of ether oxygens (including phenoxy) is 1. The molecule has 0 aromatic carbocycles. The molecule has 1 aliphatic carbocycles. The van der Waals surface area contributed by atoms with Gasteiger partial charge in [-0.05, 0) is 19.3 Å². The lowest BCUT2D eigenvalue weighted by atomic mass is 10.3. The van der Waals surface area contributed by atoms with E-state index in [9.17, 15) is 0 Å². The van der Waals surface area contributed by atoms with Gasteiger partial charge in [0.1, 0.15) is 5.84 Å². The molecule has 0 unspecified atom stereocenters. The number of nitrogens with two attached hydrogens (primary N) is 1. The monoisotopic (exact) mass is 229 g/mol. The highest BCUT2D eigenvalue weighted by atomic mass is 16.5. The highest BCUT2D eigenvalue weighted by molar-refractivity contribution is 5.79. The van der Waals surface area contributed by atoms with Gasteiger partial charge in [0.25, 0.3) is 0 Å². The molecule has 0 radical (unpaired) electrons. The molecule has 0 atom stereocenters. The molecule has 3 N–H and O–H groups in total. The van der Waals surface area contributed by atoms with E-state index in [-0.39, 0.29) is 0 Å². The van der Waals surface area contributed by atoms with Crippen molar-refractivity contribution in [2.24, 2.45) is 10.9 Å². The van der Waals surface area contributed by atoms with Gasteiger partial charge in [-0.15, -0.1) is 0 Å². The third-order valence-corrected chi connectivity index (χ3v) is 2.72. The van der Waals surface area contributed by atoms with E-state index in [4.69, 9.17) is 15.7 Å². The van der Waals surface area contributed by atoms with Gasteiger partial charge in [-0.1, -0.05) is 12.1 Å². The van der Waals surface area contributed by atoms with Crippen molar-refractivity contribution >= 4 is 5.84 Å². The topological polar surface area (TPSA) is 71.1 Å². The van der Waals surface area contributed by atoms with Gasteiger partial charge in [0.15, 0.2) is 0 Å². The van der Waals surface area contributed by atoms with E-state index >= 15 is 0 Å². The van der Waals surface area contributed by atoms with Crippen LogP contribution in [0.4, 0.5) is 0 Å². The van der Waals surface area contributed by atoms with Crippen LogP contribution in [-0.2, 0) is 4.74 Å². The summed E-state index contributed by atoms with van der Waals surface area (Å²) in [5, 5.41) is 11.5. The number of nitrogens with zero attached hydrogens (tertiary/aromatic N) is 2. The van der Waals surface area contributed by atoms with Crippen molar-refractivity contribution in [3.63, 3.8) is 0 Å². The molecule has 1 fully saturated rings. The molecular formula is C11H23N3O2. The summed E-state index contributed by atoms with van der Waals surface area (Å²) in [4.78, 5) is 2.37. The second kappa shape index (κ2) is 7.46. The van der Waals surface area contributed by atoms with Crippen LogP contribution in [0, 0.1) is 0 Å². The highest BCUT2D eigenvalue weighted by Crippen LogP contribution is 2.26. The maximum atomic E-state index is 8.47. The summed E-state index contributed by atoms with van der Waals surface area (Å²) >= 11 is 0. The summed E-state index contributed by atoms with van der Waals surface area (Å²) in [6.45, 7) is 5.52. The van der Waals surface area contributed by atoms with Crippen LogP contribution in [0.15, 0.2) is 5.16 Å². The van der Waals surface area contributed by atoms with Crippen LogP contribution in [0.3, 0.4) is 0 Å². The fourth-order valence-electron chi connectivity index (χ4n) is 1.65. The summed E-state index contributed by atoms with van der Waals surface area (Å²) in [5.74, 6) is 0.306. The third kappa shape index (κ3) is 5.32. The number of amidine groups is 1. The zero-order valence-corrected chi connectivity index (χ0v) is 10.1. The van der Waals surface area contributed by atoms with E-state index in [1.165, 1.54) is 12.8 Å². The summed E-state index contributed by atoms with van der Waals surface area (Å²) < 4.78 is 5.47. The second-order valence-electron chi connectivity index (χ2n) is 4.22. The standard InChI is InChI=1S/C11H23N3O2/c1-2-8-16-9-7-14(10-3-4-10)6-5-11(12)13-15/h10,15H,2-9H2,1H3,(H2,12,13). The molecule has 16 heavy (non-hydrogen) atoms. The van der Waals surface area contributed by atoms with Crippen LogP contribution in [0.25, 0.3) is 0 Å². The normalized spacial score (nSPS) is 17.0. The fraction of sp³-hybridized carbons (Fsp3) is 0.909. The van der Waals surface area contributed by atoms with Crippen LogP contribution in [0.5, 0.6) is 0 Å². The quantitative estimate of drug-likeness (QED) is 0.203. The van der Waals surface area contributed by atoms with Crippen LogP contribution in [0.1, 0.15) is 32.6 Å². The first-order valence-electron chi connectivity index (χ1n) is 6.06. The van der Waals surface area contributed by atoms with Gasteiger partial charge in [-0.25, -0.2) is 0 Å². The molecule has 1 rings (SSSR count). The molecule has 0 bridgehead atoms. The Morgan fingerprint density at radius 1 is 1.44 bits per heavy atom. The smallest absolute Gasteiger partial charge is 0.140 e. The Hall–Kier alpha value is -0.810. The van der Waals surface area contributed by atoms with E-state index in [0.717, 1.165) is 32.7 Å². The predicted octanol–water partition coefficient (Wildman–Crippen LogP) is 1.01. The molecule has 94 valence electrons. The molecular weight excluding hydrogens is 206 g/mol. The highest BCUT2D eigenvalue weighted by Gasteiger charge is 2.28. The lowest BCUT2D eigenvalue weighted by Gasteiger charge is -2.21. The average molecular weight is 229 g/mol. The van der Waals surface area contributed by atoms with Crippen LogP contribution in [0.2, 0.25) is 0 Å². The third-order valence-electron chi connectivity index (χ3n) is 2.72. The Kier molecular flexibility index (Phi) is 6.18. The van der Waals surface area contributed by atoms with Crippen LogP contribution < -0.4 is 5.73 Å². The van der Waals surface area contributed by atoms with Gasteiger partial charge in [-0.2, -0.15) is 0 Å². The van der Waals surface area contributed by atoms with Crippen LogP contribution in [-0.4, -0.2) is 48.3 Å². The maximum Gasteiger partial charge on any atom is 0.140 e. The van der Waals surface area contributed by atoms with Crippen molar-refractivity contribution in [1.29, 1.82) is 0 Å². The van der Waals surface area contributed by atoms with Crippen molar-refractivity contribution in [2.75, 3.05) is 26.3 Å². The molecule has 5 nitrogen and oxygen atoms in total. The number of rotatable bonds is 9. The zero-order valence-electron chi connectivity index (χ0n) is 10.1. The molecule has 1 saturated carbocycles. The molecule has 0 spiro atoms. The van der Waals surface area contributed by atoms with E-state index in [1.807, 2.05) is 0 Å². The fourth-order valence-corrected chi connectivity index (χ4v) is 1.65. The summed E-state index contributed by atoms with van der Waals surface area (Å²) in [6.07, 6.45) is 4.22. The minimum absolute atomic E-state index is 0.306. The second-order valence-corrected chi connectivity index (χ2v) is 4.22. The molecule has 0 amide bonds. The van der Waals surface area contributed by atoms with Gasteiger partial charge in [0.2, 0.25) is 0 Å². The SMILES string of the molecule is CCCOCCN(CCC(N)=NO)C1CC1. The van der Waals surface area contributed by atoms with Gasteiger partial charge < -0.3 is 15.7 Å². The first kappa shape index (κ1) is 13.3. The largest absolute Gasteiger partial charge is 0.409 e. The maximum absolute atomic E-state index is 8.47. The summed E-state index contributed by atoms with van der Waals surface area (Å²) in [7, 11) is 0. The van der Waals surface area contributed by atoms with Crippen LogP contribution >= 0.6 is 0 Å². The first-order chi connectivity index (χ1) is 7.77. The molecule has 5 heteroatoms. The van der Waals surface area contributed by atoms with Gasteiger partial charge in [-0.3, -0.25) is 4.90 Å². The first-order valence-corrected chi connectivity index (χ1v) is 6.06. The predicted molar refractivity (Wildman–Crippen MR) is 63.7 cm³/mol. The van der Waals surface area contributed by atoms with Crippen molar-refractivity contribution in [3.05, 3.63) is 0 Å². The molecule has 1 aliphatic rings. The Morgan fingerprint density at radius 3 is 2.75 bits per heavy atom. The molecule has 0 aromatic heterocycles. The average Bonchev–Trinajstić information content (AvgIpc) is 3.11. The Morgan fingerprint density at radius 2 is 2.19 bits per heavy atom. The lowest BCUT2D eigenvalue weighted by molar-refractivity contribution is 0.102. The van der Waals surface area contributed by atoms with Gasteiger partial charge in [0, 0.05) is 32.2 Å². The Labute approximate surface area is 97.2 Å². The van der Waals surface area contributed by atoms with E-state index in [1.54, 1.807) is 0 Å². The van der Waals surface area contributed by atoms with Crippen molar-refractivity contribution < 1.29 is 9.94 Å². The zero-order chi connectivity index (χ0) is 11.8. The Bertz CT molecular complexity index is 217. The molecule has 0 heterocycles. The number of hydrogen-bond acceptors (Lipinski definition) is 4. The van der Waals surface area contributed by atoms with Crippen molar-refractivity contribution in [1.82, 2.24) is 4.90 Å². The Balaban J connectivity index is 2.15. The van der Waals surface area contributed by atoms with E-state index < -0.39 is 0 Å².